The van der Waals surface area contributed by atoms with Crippen molar-refractivity contribution in [1.82, 2.24) is 9.80 Å². The quantitative estimate of drug-likeness (QED) is 0.0769. The first-order chi connectivity index (χ1) is 24.1. The number of esters is 1. The monoisotopic (exact) mass is 727 g/mol. The first-order valence-electron chi connectivity index (χ1n) is 17.0. The number of carbonyl (C=O) groups is 6. The van der Waals surface area contributed by atoms with Crippen molar-refractivity contribution in [3.8, 4) is 5.75 Å². The molecule has 4 unspecified atom stereocenters. The van der Waals surface area contributed by atoms with Gasteiger partial charge in [0.25, 0.3) is 5.91 Å². The second-order valence-corrected chi connectivity index (χ2v) is 15.3. The van der Waals surface area contributed by atoms with Crippen LogP contribution in [0.25, 0.3) is 5.76 Å². The number of ether oxygens (including phenoxy) is 2. The topological polar surface area (TPSA) is 229 Å². The number of allylic oxidation sites excluding steroid dienone is 1. The van der Waals surface area contributed by atoms with Crippen LogP contribution in [-0.2, 0) is 39.9 Å². The number of nitrogens with two attached hydrogens (primary N) is 1. The number of aliphatic hydroxyl groups excluding tert-OH is 2. The van der Waals surface area contributed by atoms with Gasteiger partial charge in [-0.25, -0.2) is 4.79 Å². The second-order valence-electron chi connectivity index (χ2n) is 15.3. The van der Waals surface area contributed by atoms with Gasteiger partial charge < -0.3 is 40.7 Å². The van der Waals surface area contributed by atoms with Gasteiger partial charge in [-0.15, -0.1) is 0 Å². The highest BCUT2D eigenvalue weighted by molar-refractivity contribution is 6.28. The summed E-state index contributed by atoms with van der Waals surface area (Å²) in [5, 5.41) is 36.8. The van der Waals surface area contributed by atoms with Gasteiger partial charge in [0.05, 0.1) is 23.2 Å². The summed E-state index contributed by atoms with van der Waals surface area (Å²) in [4.78, 5) is 82.6. The zero-order chi connectivity index (χ0) is 39.1. The first-order valence-corrected chi connectivity index (χ1v) is 17.0. The van der Waals surface area contributed by atoms with Crippen LogP contribution in [0.3, 0.4) is 0 Å². The molecule has 0 aliphatic heterocycles. The van der Waals surface area contributed by atoms with Crippen molar-refractivity contribution < 1.29 is 53.6 Å². The molecule has 0 saturated heterocycles. The predicted molar refractivity (Wildman–Crippen MR) is 189 cm³/mol. The largest absolute Gasteiger partial charge is 0.510 e. The molecule has 16 nitrogen and oxygen atoms in total. The van der Waals surface area contributed by atoms with Gasteiger partial charge in [-0.2, -0.15) is 0 Å². The molecule has 1 fully saturated rings. The number of Topliss-reactive ketones (excluding diaryl/α,β-unsaturated/α-hetero) is 2. The number of nitrogens with one attached hydrogen (secondary N) is 1. The number of fused-ring (bicyclic) bond motifs is 3. The Hall–Kier alpha value is -5.12. The second kappa shape index (κ2) is 14.9. The molecule has 3 aliphatic rings. The summed E-state index contributed by atoms with van der Waals surface area (Å²) in [6.07, 6.45) is -0.451. The van der Waals surface area contributed by atoms with Gasteiger partial charge in [0.15, 0.2) is 11.6 Å². The number of likely N-dealkylation sites (N-methyl/N-ethyl adjacent to an activating group) is 1. The molecule has 3 aliphatic carbocycles. The molecule has 0 spiro atoms. The van der Waals surface area contributed by atoms with E-state index in [0.29, 0.717) is 11.3 Å². The Balaban J connectivity index is 1.68. The molecule has 0 bridgehead atoms. The van der Waals surface area contributed by atoms with E-state index >= 15 is 0 Å². The number of amides is 3. The van der Waals surface area contributed by atoms with Crippen LogP contribution in [0.4, 0.5) is 16.2 Å². The number of nitrogens with zero attached hydrogens (tertiary/aromatic N) is 3. The van der Waals surface area contributed by atoms with Gasteiger partial charge in [0, 0.05) is 37.3 Å². The third-order valence-electron chi connectivity index (χ3n) is 9.61. The third-order valence-corrected chi connectivity index (χ3v) is 9.61. The predicted octanol–water partition coefficient (Wildman–Crippen LogP) is 2.64. The lowest BCUT2D eigenvalue weighted by Gasteiger charge is -2.46. The Morgan fingerprint density at radius 1 is 1.02 bits per heavy atom. The van der Waals surface area contributed by atoms with E-state index in [2.05, 4.69) is 5.32 Å². The molecule has 52 heavy (non-hydrogen) atoms. The van der Waals surface area contributed by atoms with E-state index in [9.17, 15) is 44.1 Å². The van der Waals surface area contributed by atoms with Crippen molar-refractivity contribution >= 4 is 52.6 Å². The Morgan fingerprint density at radius 2 is 1.65 bits per heavy atom. The fourth-order valence-corrected chi connectivity index (χ4v) is 7.33. The molecule has 16 heteroatoms. The Labute approximate surface area is 302 Å². The molecule has 0 radical (unpaired) electrons. The maximum atomic E-state index is 14.1. The zero-order valence-electron chi connectivity index (χ0n) is 31.0. The normalized spacial score (nSPS) is 21.4. The third kappa shape index (κ3) is 7.56. The number of benzene rings is 1. The fraction of sp³-hybridized carbons (Fsp3) is 0.556. The highest BCUT2D eigenvalue weighted by Crippen LogP contribution is 2.53. The fourth-order valence-electron chi connectivity index (χ4n) is 7.33. The number of hydrogen-bond donors (Lipinski definition) is 5. The number of ketones is 2. The van der Waals surface area contributed by atoms with E-state index in [4.69, 9.17) is 15.2 Å². The summed E-state index contributed by atoms with van der Waals surface area (Å²) in [5.74, 6) is -8.49. The molecule has 0 aromatic heterocycles. The number of aliphatic hydroxyl groups is 2. The van der Waals surface area contributed by atoms with Crippen LogP contribution in [0.2, 0.25) is 0 Å². The van der Waals surface area contributed by atoms with Gasteiger partial charge >= 0.3 is 12.1 Å². The van der Waals surface area contributed by atoms with Crippen LogP contribution < -0.4 is 16.0 Å². The number of anilines is 2. The summed E-state index contributed by atoms with van der Waals surface area (Å²) in [5.41, 5.74) is 4.49. The molecular weight excluding hydrogens is 678 g/mol. The van der Waals surface area contributed by atoms with E-state index < -0.39 is 101 Å². The number of rotatable bonds is 10. The standard InChI is InChI=1S/C36H49N5O11/c1-16(2)10-23(43)51-15-52-35(50)41(36(3,4)5)14-22(42)38-20-13-21(39(6)7)18-11-17-12-19-26(31(46)24(17)30(45)25(18)29(20)44)32(47)27(34(37)49)33(48)28(19)40(8)9/h13,16-17,19,26,28,44-45,48H,10-12,14-15H2,1-9H3,(H2,37,49)(H,38,42). The average molecular weight is 728 g/mol. The number of phenols is 1. The maximum absolute atomic E-state index is 14.1. The van der Waals surface area contributed by atoms with Gasteiger partial charge in [-0.3, -0.25) is 33.8 Å². The minimum absolute atomic E-state index is 0.0438. The smallest absolute Gasteiger partial charge is 0.413 e. The van der Waals surface area contributed by atoms with Gasteiger partial charge in [-0.1, -0.05) is 13.8 Å². The van der Waals surface area contributed by atoms with E-state index in [-0.39, 0.29) is 42.0 Å². The zero-order valence-corrected chi connectivity index (χ0v) is 31.0. The number of carbonyl (C=O) groups excluding carboxylic acids is 6. The lowest BCUT2D eigenvalue weighted by molar-refractivity contribution is -0.153. The molecule has 6 N–H and O–H groups in total. The SMILES string of the molecule is CC(C)CC(=O)OCOC(=O)N(CC(=O)Nc1cc(N(C)C)c2c(c1O)C(O)=C1C(=O)C3C(=O)C(C(N)=O)=C(O)C(N(C)C)C3CC1C2)C(C)(C)C. The molecule has 284 valence electrons. The van der Waals surface area contributed by atoms with E-state index in [1.54, 1.807) is 58.8 Å². The van der Waals surface area contributed by atoms with Crippen LogP contribution in [0.5, 0.6) is 5.75 Å². The summed E-state index contributed by atoms with van der Waals surface area (Å²) in [7, 11) is 6.72. The number of hydrogen-bond acceptors (Lipinski definition) is 13. The Bertz CT molecular complexity index is 1750. The van der Waals surface area contributed by atoms with Crippen molar-refractivity contribution in [2.24, 2.45) is 29.4 Å². The van der Waals surface area contributed by atoms with Crippen molar-refractivity contribution in [3.05, 3.63) is 34.1 Å². The Morgan fingerprint density at radius 3 is 2.19 bits per heavy atom. The van der Waals surface area contributed by atoms with Crippen molar-refractivity contribution in [1.29, 1.82) is 0 Å². The Kier molecular flexibility index (Phi) is 11.3. The van der Waals surface area contributed by atoms with Gasteiger partial charge in [0.2, 0.25) is 12.7 Å². The van der Waals surface area contributed by atoms with Crippen molar-refractivity contribution in [2.45, 2.75) is 65.5 Å². The van der Waals surface area contributed by atoms with Crippen LogP contribution in [0.1, 0.15) is 58.6 Å². The summed E-state index contributed by atoms with van der Waals surface area (Å²) < 4.78 is 10.1. The molecule has 0 heterocycles. The van der Waals surface area contributed by atoms with Crippen LogP contribution in [0.15, 0.2) is 23.0 Å². The first kappa shape index (κ1) is 39.7. The summed E-state index contributed by atoms with van der Waals surface area (Å²) in [6, 6.07) is 0.634. The lowest BCUT2D eigenvalue weighted by atomic mass is 9.59. The van der Waals surface area contributed by atoms with Crippen LogP contribution in [-0.4, -0.2) is 114 Å². The van der Waals surface area contributed by atoms with Gasteiger partial charge in [-0.05, 0) is 77.1 Å². The molecular formula is C36H49N5O11. The van der Waals surface area contributed by atoms with E-state index in [1.807, 2.05) is 13.8 Å². The molecule has 1 saturated carbocycles. The minimum atomic E-state index is -1.42. The summed E-state index contributed by atoms with van der Waals surface area (Å²) >= 11 is 0. The van der Waals surface area contributed by atoms with E-state index in [0.717, 1.165) is 4.90 Å². The van der Waals surface area contributed by atoms with Crippen LogP contribution >= 0.6 is 0 Å². The number of aromatic hydroxyl groups is 1. The highest BCUT2D eigenvalue weighted by atomic mass is 16.7. The molecule has 1 aromatic carbocycles. The van der Waals surface area contributed by atoms with Crippen molar-refractivity contribution in [3.63, 3.8) is 0 Å². The molecule has 3 amide bonds. The van der Waals surface area contributed by atoms with Crippen LogP contribution in [0, 0.1) is 23.7 Å². The van der Waals surface area contributed by atoms with Gasteiger partial charge in [0.1, 0.15) is 29.4 Å². The number of phenolic OH excluding ortho intramolecular Hbond substituents is 1. The number of primary amides is 1. The molecule has 4 atom stereocenters. The molecule has 4 rings (SSSR count). The lowest BCUT2D eigenvalue weighted by Crippen LogP contribution is -2.55. The highest BCUT2D eigenvalue weighted by Gasteiger charge is 2.56. The summed E-state index contributed by atoms with van der Waals surface area (Å²) in [6.45, 7) is 7.49. The molecule has 1 aromatic rings. The maximum Gasteiger partial charge on any atom is 0.413 e. The van der Waals surface area contributed by atoms with Crippen molar-refractivity contribution in [2.75, 3.05) is 51.7 Å². The van der Waals surface area contributed by atoms with E-state index in [1.165, 1.54) is 6.07 Å². The average Bonchev–Trinajstić information content (AvgIpc) is 2.99. The minimum Gasteiger partial charge on any atom is -0.510 e.